The van der Waals surface area contributed by atoms with Gasteiger partial charge in [-0.25, -0.2) is 10.0 Å². The Hall–Kier alpha value is -0.610. The van der Waals surface area contributed by atoms with Gasteiger partial charge >= 0.3 is 0 Å². The molecule has 1 fully saturated rings. The van der Waals surface area contributed by atoms with Crippen LogP contribution in [-0.4, -0.2) is 39.8 Å². The third-order valence-corrected chi connectivity index (χ3v) is 2.21. The molecule has 0 radical (unpaired) electrons. The summed E-state index contributed by atoms with van der Waals surface area (Å²) >= 11 is 0. The number of aliphatic hydroxyl groups excluding tert-OH is 1. The van der Waals surface area contributed by atoms with E-state index < -0.39 is 6.23 Å². The third kappa shape index (κ3) is 1.44. The molecule has 2 atom stereocenters. The number of rotatable bonds is 2. The summed E-state index contributed by atoms with van der Waals surface area (Å²) in [6.45, 7) is 6.02. The molecule has 1 rings (SSSR count). The van der Waals surface area contributed by atoms with Crippen LogP contribution in [0.5, 0.6) is 0 Å². The highest BCUT2D eigenvalue weighted by Crippen LogP contribution is 2.23. The number of hydrogen-bond acceptors (Lipinski definition) is 3. The van der Waals surface area contributed by atoms with Crippen molar-refractivity contribution in [2.75, 3.05) is 0 Å². The van der Waals surface area contributed by atoms with E-state index in [4.69, 9.17) is 0 Å². The second-order valence-corrected chi connectivity index (χ2v) is 3.52. The standard InChI is InChI=1S/C8H16N2O2/c1-6(2)10-7(3)4-8(12)9(10)5-11/h5-8,12H,4H2,1-3H3/t7-,8-/m1/s1. The predicted molar refractivity (Wildman–Crippen MR) is 45.0 cm³/mol. The van der Waals surface area contributed by atoms with Gasteiger partial charge in [0.2, 0.25) is 6.41 Å². The molecule has 0 saturated carbocycles. The Labute approximate surface area is 72.7 Å². The number of nitrogens with zero attached hydrogens (tertiary/aromatic N) is 2. The topological polar surface area (TPSA) is 43.8 Å². The summed E-state index contributed by atoms with van der Waals surface area (Å²) in [6.07, 6.45) is 0.686. The molecule has 1 heterocycles. The third-order valence-electron chi connectivity index (χ3n) is 2.21. The lowest BCUT2D eigenvalue weighted by Crippen LogP contribution is -2.46. The van der Waals surface area contributed by atoms with E-state index in [1.165, 1.54) is 5.01 Å². The summed E-state index contributed by atoms with van der Waals surface area (Å²) in [6, 6.07) is 0.493. The molecule has 0 aliphatic carbocycles. The second kappa shape index (κ2) is 3.41. The van der Waals surface area contributed by atoms with Gasteiger partial charge in [0.15, 0.2) is 0 Å². The zero-order chi connectivity index (χ0) is 9.30. The van der Waals surface area contributed by atoms with E-state index >= 15 is 0 Å². The van der Waals surface area contributed by atoms with Crippen molar-refractivity contribution < 1.29 is 9.90 Å². The molecule has 1 N–H and O–H groups in total. The van der Waals surface area contributed by atoms with E-state index in [1.807, 2.05) is 25.8 Å². The van der Waals surface area contributed by atoms with Crippen LogP contribution in [0.4, 0.5) is 0 Å². The quantitative estimate of drug-likeness (QED) is 0.604. The zero-order valence-electron chi connectivity index (χ0n) is 7.77. The van der Waals surface area contributed by atoms with Crippen molar-refractivity contribution in [3.8, 4) is 0 Å². The summed E-state index contributed by atoms with van der Waals surface area (Å²) in [5, 5.41) is 12.7. The lowest BCUT2D eigenvalue weighted by Gasteiger charge is -2.32. The van der Waals surface area contributed by atoms with Crippen LogP contribution in [0.2, 0.25) is 0 Å². The maximum absolute atomic E-state index is 10.6. The van der Waals surface area contributed by atoms with Crippen molar-refractivity contribution in [1.29, 1.82) is 0 Å². The molecule has 12 heavy (non-hydrogen) atoms. The Morgan fingerprint density at radius 2 is 2.17 bits per heavy atom. The Morgan fingerprint density at radius 1 is 1.58 bits per heavy atom. The average molecular weight is 172 g/mol. The molecule has 0 aromatic rings. The second-order valence-electron chi connectivity index (χ2n) is 3.52. The van der Waals surface area contributed by atoms with Crippen molar-refractivity contribution in [2.24, 2.45) is 0 Å². The molecule has 4 heteroatoms. The van der Waals surface area contributed by atoms with E-state index in [0.29, 0.717) is 12.8 Å². The van der Waals surface area contributed by atoms with Gasteiger partial charge in [-0.15, -0.1) is 0 Å². The van der Waals surface area contributed by atoms with Crippen molar-refractivity contribution in [3.05, 3.63) is 0 Å². The Morgan fingerprint density at radius 3 is 2.50 bits per heavy atom. The Kier molecular flexibility index (Phi) is 2.69. The number of hydrogen-bond donors (Lipinski definition) is 1. The van der Waals surface area contributed by atoms with Crippen LogP contribution < -0.4 is 0 Å². The fraction of sp³-hybridized carbons (Fsp3) is 0.875. The van der Waals surface area contributed by atoms with Gasteiger partial charge in [-0.2, -0.15) is 0 Å². The first-order chi connectivity index (χ1) is 5.57. The van der Waals surface area contributed by atoms with Crippen LogP contribution in [0, 0.1) is 0 Å². The van der Waals surface area contributed by atoms with Gasteiger partial charge in [0, 0.05) is 18.5 Å². The van der Waals surface area contributed by atoms with Gasteiger partial charge in [-0.3, -0.25) is 4.79 Å². The molecular weight excluding hydrogens is 156 g/mol. The fourth-order valence-electron chi connectivity index (χ4n) is 1.80. The van der Waals surface area contributed by atoms with Crippen molar-refractivity contribution >= 4 is 6.41 Å². The van der Waals surface area contributed by atoms with Crippen molar-refractivity contribution in [1.82, 2.24) is 10.0 Å². The normalized spacial score (nSPS) is 31.6. The minimum atomic E-state index is -0.639. The highest BCUT2D eigenvalue weighted by molar-refractivity contribution is 5.47. The van der Waals surface area contributed by atoms with Crippen LogP contribution in [0.3, 0.4) is 0 Å². The Bertz CT molecular complexity index is 172. The molecule has 0 aromatic carbocycles. The minimum absolute atomic E-state index is 0.241. The van der Waals surface area contributed by atoms with E-state index in [2.05, 4.69) is 0 Å². The molecule has 1 aliphatic heterocycles. The average Bonchev–Trinajstić information content (AvgIpc) is 2.24. The summed E-state index contributed by atoms with van der Waals surface area (Å²) < 4.78 is 0. The first-order valence-electron chi connectivity index (χ1n) is 4.28. The molecular formula is C8H16N2O2. The minimum Gasteiger partial charge on any atom is -0.372 e. The van der Waals surface area contributed by atoms with Crippen LogP contribution in [-0.2, 0) is 4.79 Å². The lowest BCUT2D eigenvalue weighted by atomic mass is 10.2. The first kappa shape index (κ1) is 9.48. The molecule has 0 unspecified atom stereocenters. The number of amides is 1. The molecule has 70 valence electrons. The summed E-state index contributed by atoms with van der Waals surface area (Å²) in [5.74, 6) is 0. The van der Waals surface area contributed by atoms with Gasteiger partial charge < -0.3 is 5.11 Å². The van der Waals surface area contributed by atoms with E-state index in [9.17, 15) is 9.90 Å². The van der Waals surface area contributed by atoms with Gasteiger partial charge in [0.25, 0.3) is 0 Å². The van der Waals surface area contributed by atoms with Crippen LogP contribution in [0.1, 0.15) is 27.2 Å². The smallest absolute Gasteiger partial charge is 0.226 e. The van der Waals surface area contributed by atoms with E-state index in [1.54, 1.807) is 0 Å². The SMILES string of the molecule is CC(C)N1[C@H](C)C[C@@H](O)N1C=O. The molecule has 0 bridgehead atoms. The van der Waals surface area contributed by atoms with Crippen LogP contribution in [0.25, 0.3) is 0 Å². The highest BCUT2D eigenvalue weighted by atomic mass is 16.3. The van der Waals surface area contributed by atoms with Crippen molar-refractivity contribution in [3.63, 3.8) is 0 Å². The fourth-order valence-corrected chi connectivity index (χ4v) is 1.80. The summed E-state index contributed by atoms with van der Waals surface area (Å²) in [4.78, 5) is 10.6. The maximum atomic E-state index is 10.6. The number of carbonyl (C=O) groups excluding carboxylic acids is 1. The summed E-state index contributed by atoms with van der Waals surface area (Å²) in [7, 11) is 0. The van der Waals surface area contributed by atoms with E-state index in [-0.39, 0.29) is 12.1 Å². The van der Waals surface area contributed by atoms with Gasteiger partial charge in [-0.1, -0.05) is 0 Å². The van der Waals surface area contributed by atoms with Gasteiger partial charge in [0.1, 0.15) is 6.23 Å². The molecule has 4 nitrogen and oxygen atoms in total. The van der Waals surface area contributed by atoms with Gasteiger partial charge in [-0.05, 0) is 20.8 Å². The molecule has 1 aliphatic rings. The highest BCUT2D eigenvalue weighted by Gasteiger charge is 2.36. The summed E-state index contributed by atoms with van der Waals surface area (Å²) in [5.41, 5.74) is 0. The first-order valence-corrected chi connectivity index (χ1v) is 4.28. The predicted octanol–water partition coefficient (Wildman–Crippen LogP) is 0.181. The number of hydrazine groups is 1. The molecule has 1 saturated heterocycles. The molecule has 1 amide bonds. The Balaban J connectivity index is 2.74. The van der Waals surface area contributed by atoms with Gasteiger partial charge in [0.05, 0.1) is 0 Å². The lowest BCUT2D eigenvalue weighted by molar-refractivity contribution is -0.151. The monoisotopic (exact) mass is 172 g/mol. The maximum Gasteiger partial charge on any atom is 0.226 e. The van der Waals surface area contributed by atoms with Crippen LogP contribution >= 0.6 is 0 Å². The number of aliphatic hydroxyl groups is 1. The molecule has 0 spiro atoms. The van der Waals surface area contributed by atoms with Crippen LogP contribution in [0.15, 0.2) is 0 Å². The largest absolute Gasteiger partial charge is 0.372 e. The zero-order valence-corrected chi connectivity index (χ0v) is 7.77. The number of carbonyl (C=O) groups is 1. The van der Waals surface area contributed by atoms with Crippen molar-refractivity contribution in [2.45, 2.75) is 45.5 Å². The van der Waals surface area contributed by atoms with E-state index in [0.717, 1.165) is 0 Å². The molecule has 0 aromatic heterocycles.